The summed E-state index contributed by atoms with van der Waals surface area (Å²) in [5, 5.41) is 5.90. The molecule has 1 aromatic heterocycles. The summed E-state index contributed by atoms with van der Waals surface area (Å²) in [5.74, 6) is 0.517. The lowest BCUT2D eigenvalue weighted by atomic mass is 10.1. The number of hydrogen-bond donors (Lipinski definition) is 2. The number of hydrogen-bond acceptors (Lipinski definition) is 7. The molecule has 1 amide bonds. The van der Waals surface area contributed by atoms with Gasteiger partial charge in [0.2, 0.25) is 0 Å². The molecule has 2 heterocycles. The molecule has 3 aromatic carbocycles. The second-order valence-corrected chi connectivity index (χ2v) is 9.25. The number of benzene rings is 3. The van der Waals surface area contributed by atoms with Gasteiger partial charge in [0.25, 0.3) is 15.9 Å². The molecule has 0 bridgehead atoms. The molecule has 1 aliphatic rings. The van der Waals surface area contributed by atoms with E-state index >= 15 is 0 Å². The molecule has 9 nitrogen and oxygen atoms in total. The average Bonchev–Trinajstić information content (AvgIpc) is 3.11. The fourth-order valence-corrected chi connectivity index (χ4v) is 4.69. The Hall–Kier alpha value is -4.57. The zero-order chi connectivity index (χ0) is 24.4. The maximum Gasteiger partial charge on any atom is 0.321 e. The van der Waals surface area contributed by atoms with Crippen LogP contribution in [0.15, 0.2) is 94.5 Å². The first kappa shape index (κ1) is 22.2. The van der Waals surface area contributed by atoms with Crippen LogP contribution >= 0.6 is 0 Å². The van der Waals surface area contributed by atoms with Gasteiger partial charge in [-0.3, -0.25) is 4.79 Å². The van der Waals surface area contributed by atoms with Crippen molar-refractivity contribution in [2.45, 2.75) is 11.8 Å². The summed E-state index contributed by atoms with van der Waals surface area (Å²) < 4.78 is 33.9. The van der Waals surface area contributed by atoms with E-state index in [0.717, 1.165) is 5.56 Å². The number of amides is 1. The smallest absolute Gasteiger partial charge is 0.321 e. The van der Waals surface area contributed by atoms with Crippen LogP contribution in [0.5, 0.6) is 11.8 Å². The predicted molar refractivity (Wildman–Crippen MR) is 131 cm³/mol. The van der Waals surface area contributed by atoms with Gasteiger partial charge in [-0.2, -0.15) is 8.42 Å². The van der Waals surface area contributed by atoms with Crippen molar-refractivity contribution in [3.05, 3.63) is 102 Å². The molecule has 0 saturated heterocycles. The lowest BCUT2D eigenvalue weighted by Crippen LogP contribution is -2.14. The number of carbonyl (C=O) groups is 1. The van der Waals surface area contributed by atoms with E-state index in [1.54, 1.807) is 79.1 Å². The Labute approximate surface area is 201 Å². The molecule has 0 fully saturated rings. The monoisotopic (exact) mass is 485 g/mol. The standard InChI is InChI=1S/C25H19N5O4S/c1-16-15-19(34-25-26-13-4-14-27-25)11-12-21(16)29-24(31)17-7-9-18(10-8-17)28-23-20-5-2-3-6-22(20)35(32,33)30-23/h2-15H,1H3,(H,28,30)(H,29,31). The Balaban J connectivity index is 1.26. The number of nitrogens with one attached hydrogen (secondary N) is 2. The lowest BCUT2D eigenvalue weighted by molar-refractivity contribution is 0.102. The minimum Gasteiger partial charge on any atom is -0.424 e. The number of anilines is 2. The Morgan fingerprint density at radius 3 is 2.40 bits per heavy atom. The van der Waals surface area contributed by atoms with Crippen LogP contribution in [0.25, 0.3) is 0 Å². The van der Waals surface area contributed by atoms with E-state index in [1.807, 2.05) is 6.92 Å². The normalized spacial score (nSPS) is 13.5. The minimum absolute atomic E-state index is 0.168. The highest BCUT2D eigenvalue weighted by Crippen LogP contribution is 2.27. The third-order valence-corrected chi connectivity index (χ3v) is 6.57. The third kappa shape index (κ3) is 4.73. The molecule has 2 N–H and O–H groups in total. The van der Waals surface area contributed by atoms with Gasteiger partial charge in [-0.25, -0.2) is 9.97 Å². The van der Waals surface area contributed by atoms with Gasteiger partial charge >= 0.3 is 6.01 Å². The van der Waals surface area contributed by atoms with Gasteiger partial charge < -0.3 is 15.4 Å². The number of rotatable bonds is 5. The number of amidine groups is 1. The summed E-state index contributed by atoms with van der Waals surface area (Å²) >= 11 is 0. The first-order valence-electron chi connectivity index (χ1n) is 10.6. The molecule has 174 valence electrons. The lowest BCUT2D eigenvalue weighted by Gasteiger charge is -2.11. The van der Waals surface area contributed by atoms with E-state index < -0.39 is 10.0 Å². The Bertz CT molecular complexity index is 1550. The van der Waals surface area contributed by atoms with Crippen LogP contribution in [0.3, 0.4) is 0 Å². The van der Waals surface area contributed by atoms with Crippen molar-refractivity contribution in [2.75, 3.05) is 10.6 Å². The quantitative estimate of drug-likeness (QED) is 0.430. The van der Waals surface area contributed by atoms with Gasteiger partial charge in [0.05, 0.1) is 0 Å². The number of carbonyl (C=O) groups excluding carboxylic acids is 1. The number of ether oxygens (including phenoxy) is 1. The fraction of sp³-hybridized carbons (Fsp3) is 0.0400. The molecule has 1 aliphatic heterocycles. The van der Waals surface area contributed by atoms with Crippen LogP contribution in [-0.2, 0) is 10.0 Å². The second-order valence-electron chi connectivity index (χ2n) is 7.68. The van der Waals surface area contributed by atoms with E-state index in [2.05, 4.69) is 25.0 Å². The molecule has 0 atom stereocenters. The molecule has 35 heavy (non-hydrogen) atoms. The van der Waals surface area contributed by atoms with Crippen LogP contribution in [0.2, 0.25) is 0 Å². The van der Waals surface area contributed by atoms with E-state index in [-0.39, 0.29) is 22.6 Å². The van der Waals surface area contributed by atoms with Crippen molar-refractivity contribution in [1.29, 1.82) is 0 Å². The van der Waals surface area contributed by atoms with Crippen molar-refractivity contribution < 1.29 is 17.9 Å². The Morgan fingerprint density at radius 1 is 0.914 bits per heavy atom. The van der Waals surface area contributed by atoms with Gasteiger partial charge in [-0.15, -0.1) is 4.40 Å². The van der Waals surface area contributed by atoms with E-state index in [9.17, 15) is 13.2 Å². The maximum atomic E-state index is 12.8. The number of fused-ring (bicyclic) bond motifs is 1. The number of aryl methyl sites for hydroxylation is 1. The average molecular weight is 486 g/mol. The molecule has 5 rings (SSSR count). The van der Waals surface area contributed by atoms with Gasteiger partial charge in [0, 0.05) is 34.9 Å². The van der Waals surface area contributed by atoms with E-state index in [1.165, 1.54) is 6.07 Å². The maximum absolute atomic E-state index is 12.8. The second kappa shape index (κ2) is 8.99. The zero-order valence-electron chi connectivity index (χ0n) is 18.5. The van der Waals surface area contributed by atoms with Crippen molar-refractivity contribution in [3.8, 4) is 11.8 Å². The largest absolute Gasteiger partial charge is 0.424 e. The summed E-state index contributed by atoms with van der Waals surface area (Å²) in [6.07, 6.45) is 3.18. The van der Waals surface area contributed by atoms with Gasteiger partial charge in [0.15, 0.2) is 5.84 Å². The van der Waals surface area contributed by atoms with Crippen LogP contribution in [0, 0.1) is 6.92 Å². The van der Waals surface area contributed by atoms with E-state index in [4.69, 9.17) is 4.74 Å². The van der Waals surface area contributed by atoms with Crippen molar-refractivity contribution in [2.24, 2.45) is 4.40 Å². The van der Waals surface area contributed by atoms with Gasteiger partial charge in [0.1, 0.15) is 10.6 Å². The summed E-state index contributed by atoms with van der Waals surface area (Å²) in [6.45, 7) is 1.86. The molecule has 4 aromatic rings. The summed E-state index contributed by atoms with van der Waals surface area (Å²) in [6, 6.07) is 20.5. The van der Waals surface area contributed by atoms with Crippen molar-refractivity contribution in [3.63, 3.8) is 0 Å². The zero-order valence-corrected chi connectivity index (χ0v) is 19.3. The molecule has 0 radical (unpaired) electrons. The predicted octanol–water partition coefficient (Wildman–Crippen LogP) is 4.39. The summed E-state index contributed by atoms with van der Waals surface area (Å²) in [7, 11) is -3.71. The Morgan fingerprint density at radius 2 is 1.66 bits per heavy atom. The van der Waals surface area contributed by atoms with Crippen molar-refractivity contribution in [1.82, 2.24) is 9.97 Å². The highest BCUT2D eigenvalue weighted by atomic mass is 32.2. The molecule has 0 saturated carbocycles. The molecule has 10 heteroatoms. The number of sulfonamides is 1. The highest BCUT2D eigenvalue weighted by Gasteiger charge is 2.28. The SMILES string of the molecule is Cc1cc(Oc2ncccn2)ccc1NC(=O)c1ccc(NC2=NS(=O)(=O)c3ccccc32)cc1. The minimum atomic E-state index is -3.71. The highest BCUT2D eigenvalue weighted by molar-refractivity contribution is 7.90. The molecular weight excluding hydrogens is 466 g/mol. The molecular formula is C25H19N5O4S. The van der Waals surface area contributed by atoms with Gasteiger partial charge in [-0.05, 0) is 73.2 Å². The van der Waals surface area contributed by atoms with Crippen LogP contribution in [0.4, 0.5) is 11.4 Å². The van der Waals surface area contributed by atoms with Crippen LogP contribution < -0.4 is 15.4 Å². The molecule has 0 spiro atoms. The van der Waals surface area contributed by atoms with Crippen LogP contribution in [-0.4, -0.2) is 30.1 Å². The third-order valence-electron chi connectivity index (χ3n) is 5.24. The van der Waals surface area contributed by atoms with Crippen molar-refractivity contribution >= 4 is 33.1 Å². The molecule has 0 unspecified atom stereocenters. The first-order chi connectivity index (χ1) is 16.9. The molecule has 0 aliphatic carbocycles. The van der Waals surface area contributed by atoms with Crippen LogP contribution in [0.1, 0.15) is 21.5 Å². The summed E-state index contributed by atoms with van der Waals surface area (Å²) in [5.41, 5.74) is 3.00. The Kier molecular flexibility index (Phi) is 5.71. The topological polar surface area (TPSA) is 123 Å². The van der Waals surface area contributed by atoms with E-state index in [0.29, 0.717) is 28.3 Å². The van der Waals surface area contributed by atoms with Gasteiger partial charge in [-0.1, -0.05) is 12.1 Å². The summed E-state index contributed by atoms with van der Waals surface area (Å²) in [4.78, 5) is 21.0. The number of nitrogens with zero attached hydrogens (tertiary/aromatic N) is 3. The number of aromatic nitrogens is 2. The fourth-order valence-electron chi connectivity index (χ4n) is 3.52. The first-order valence-corrected chi connectivity index (χ1v) is 12.0.